The van der Waals surface area contributed by atoms with Gasteiger partial charge in [-0.1, -0.05) is 23.7 Å². The van der Waals surface area contributed by atoms with Crippen LogP contribution in [0.1, 0.15) is 22.8 Å². The Labute approximate surface area is 120 Å². The first-order valence-electron chi connectivity index (χ1n) is 6.20. The number of nitrogens with one attached hydrogen (secondary N) is 2. The van der Waals surface area contributed by atoms with Gasteiger partial charge in [-0.25, -0.2) is 4.79 Å². The van der Waals surface area contributed by atoms with Crippen LogP contribution >= 0.6 is 11.6 Å². The molecule has 0 saturated carbocycles. The van der Waals surface area contributed by atoms with E-state index < -0.39 is 6.10 Å². The van der Waals surface area contributed by atoms with E-state index in [9.17, 15) is 9.90 Å². The van der Waals surface area contributed by atoms with Crippen molar-refractivity contribution in [3.05, 3.63) is 68.6 Å². The lowest BCUT2D eigenvalue weighted by Crippen LogP contribution is -2.00. The molecular weight excluding hydrogens is 276 g/mol. The highest BCUT2D eigenvalue weighted by Gasteiger charge is 2.12. The second kappa shape index (κ2) is 4.81. The third-order valence-corrected chi connectivity index (χ3v) is 3.45. The number of hydrogen-bond acceptors (Lipinski definition) is 2. The molecule has 3 N–H and O–H groups in total. The van der Waals surface area contributed by atoms with Crippen molar-refractivity contribution in [1.82, 2.24) is 9.97 Å². The van der Waals surface area contributed by atoms with Gasteiger partial charge in [-0.3, -0.25) is 0 Å². The summed E-state index contributed by atoms with van der Waals surface area (Å²) in [7, 11) is 0. The van der Waals surface area contributed by atoms with E-state index in [-0.39, 0.29) is 5.69 Å². The topological polar surface area (TPSA) is 68.9 Å². The molecule has 2 aromatic carbocycles. The van der Waals surface area contributed by atoms with Gasteiger partial charge >= 0.3 is 5.69 Å². The average Bonchev–Trinajstić information content (AvgIpc) is 2.75. The number of halogens is 1. The average molecular weight is 289 g/mol. The number of imidazole rings is 1. The molecule has 1 unspecified atom stereocenters. The summed E-state index contributed by atoms with van der Waals surface area (Å²) < 4.78 is 0. The Balaban J connectivity index is 2.06. The maximum absolute atomic E-state index is 11.2. The highest BCUT2D eigenvalue weighted by molar-refractivity contribution is 6.30. The first-order chi connectivity index (χ1) is 9.52. The van der Waals surface area contributed by atoms with Crippen molar-refractivity contribution in [3.8, 4) is 0 Å². The highest BCUT2D eigenvalue weighted by atomic mass is 35.5. The number of aryl methyl sites for hydroxylation is 1. The summed E-state index contributed by atoms with van der Waals surface area (Å²) in [5, 5.41) is 11.0. The van der Waals surface area contributed by atoms with Gasteiger partial charge in [-0.2, -0.15) is 0 Å². The normalized spacial score (nSPS) is 12.8. The van der Waals surface area contributed by atoms with E-state index in [2.05, 4.69) is 9.97 Å². The Morgan fingerprint density at radius 1 is 1.05 bits per heavy atom. The Morgan fingerprint density at radius 3 is 2.55 bits per heavy atom. The Kier molecular flexibility index (Phi) is 3.12. The van der Waals surface area contributed by atoms with Crippen molar-refractivity contribution in [2.75, 3.05) is 0 Å². The zero-order valence-corrected chi connectivity index (χ0v) is 11.5. The van der Waals surface area contributed by atoms with Crippen molar-refractivity contribution >= 4 is 22.6 Å². The molecule has 0 amide bonds. The zero-order chi connectivity index (χ0) is 14.3. The fraction of sp³-hybridized carbons (Fsp3) is 0.133. The number of aromatic amines is 2. The summed E-state index contributed by atoms with van der Waals surface area (Å²) in [6.45, 7) is 1.93. The molecule has 1 aromatic heterocycles. The predicted octanol–water partition coefficient (Wildman–Crippen LogP) is 2.90. The molecule has 20 heavy (non-hydrogen) atoms. The van der Waals surface area contributed by atoms with Crippen LogP contribution in [-0.2, 0) is 0 Å². The number of aliphatic hydroxyl groups excluding tert-OH is 1. The van der Waals surface area contributed by atoms with Crippen molar-refractivity contribution in [2.24, 2.45) is 0 Å². The van der Waals surface area contributed by atoms with E-state index in [0.717, 1.165) is 11.1 Å². The first-order valence-corrected chi connectivity index (χ1v) is 6.58. The Bertz CT molecular complexity index is 815. The third kappa shape index (κ3) is 2.35. The van der Waals surface area contributed by atoms with Crippen LogP contribution in [0.25, 0.3) is 11.0 Å². The highest BCUT2D eigenvalue weighted by Crippen LogP contribution is 2.27. The summed E-state index contributed by atoms with van der Waals surface area (Å²) in [5.41, 5.74) is 3.55. The van der Waals surface area contributed by atoms with Gasteiger partial charge < -0.3 is 15.1 Å². The molecule has 0 aliphatic rings. The van der Waals surface area contributed by atoms with E-state index in [1.165, 1.54) is 0 Å². The molecule has 0 aliphatic heterocycles. The second-order valence-electron chi connectivity index (χ2n) is 4.85. The van der Waals surface area contributed by atoms with Gasteiger partial charge in [0.05, 0.1) is 11.0 Å². The number of aliphatic hydroxyl groups is 1. The van der Waals surface area contributed by atoms with Crippen molar-refractivity contribution in [3.63, 3.8) is 0 Å². The number of hydrogen-bond donors (Lipinski definition) is 3. The maximum atomic E-state index is 11.2. The van der Waals surface area contributed by atoms with Crippen LogP contribution < -0.4 is 5.69 Å². The summed E-state index contributed by atoms with van der Waals surface area (Å²) in [6, 6.07) is 10.8. The van der Waals surface area contributed by atoms with Gasteiger partial charge in [-0.05, 0) is 47.9 Å². The number of benzene rings is 2. The van der Waals surface area contributed by atoms with E-state index in [0.29, 0.717) is 21.6 Å². The molecule has 0 radical (unpaired) electrons. The molecule has 3 aromatic rings. The smallest absolute Gasteiger partial charge is 0.323 e. The van der Waals surface area contributed by atoms with Gasteiger partial charge in [0.1, 0.15) is 6.10 Å². The predicted molar refractivity (Wildman–Crippen MR) is 79.2 cm³/mol. The summed E-state index contributed by atoms with van der Waals surface area (Å²) in [4.78, 5) is 16.6. The number of H-pyrrole nitrogens is 2. The van der Waals surface area contributed by atoms with E-state index in [1.54, 1.807) is 24.3 Å². The van der Waals surface area contributed by atoms with Gasteiger partial charge in [0.25, 0.3) is 0 Å². The number of fused-ring (bicyclic) bond motifs is 1. The maximum Gasteiger partial charge on any atom is 0.323 e. The summed E-state index contributed by atoms with van der Waals surface area (Å²) in [6.07, 6.45) is -0.782. The Hall–Kier alpha value is -2.04. The minimum Gasteiger partial charge on any atom is -0.384 e. The lowest BCUT2D eigenvalue weighted by Gasteiger charge is -2.13. The second-order valence-corrected chi connectivity index (χ2v) is 5.29. The molecular formula is C15H13ClN2O2. The van der Waals surface area contributed by atoms with Crippen LogP contribution in [0.15, 0.2) is 41.2 Å². The third-order valence-electron chi connectivity index (χ3n) is 3.24. The molecule has 1 heterocycles. The minimum absolute atomic E-state index is 0.259. The molecule has 1 atom stereocenters. The van der Waals surface area contributed by atoms with Gasteiger partial charge in [-0.15, -0.1) is 0 Å². The van der Waals surface area contributed by atoms with Gasteiger partial charge in [0, 0.05) is 5.02 Å². The Morgan fingerprint density at radius 2 is 1.80 bits per heavy atom. The SMILES string of the molecule is Cc1cc(Cl)cc(C(O)c2ccc3[nH]c(=O)[nH]c3c2)c1. The summed E-state index contributed by atoms with van der Waals surface area (Å²) in [5.74, 6) is 0. The first kappa shape index (κ1) is 13.0. The van der Waals surface area contributed by atoms with E-state index in [4.69, 9.17) is 11.6 Å². The van der Waals surface area contributed by atoms with Gasteiger partial charge in [0.15, 0.2) is 0 Å². The molecule has 4 nitrogen and oxygen atoms in total. The quantitative estimate of drug-likeness (QED) is 0.679. The molecule has 0 spiro atoms. The zero-order valence-electron chi connectivity index (χ0n) is 10.8. The molecule has 0 aliphatic carbocycles. The van der Waals surface area contributed by atoms with Crippen LogP contribution in [0.4, 0.5) is 0 Å². The molecule has 0 fully saturated rings. The number of rotatable bonds is 2. The number of aromatic nitrogens is 2. The van der Waals surface area contributed by atoms with Crippen molar-refractivity contribution < 1.29 is 5.11 Å². The van der Waals surface area contributed by atoms with Crippen LogP contribution in [0.2, 0.25) is 5.02 Å². The van der Waals surface area contributed by atoms with Crippen LogP contribution in [0.3, 0.4) is 0 Å². The van der Waals surface area contributed by atoms with E-state index >= 15 is 0 Å². The van der Waals surface area contributed by atoms with Crippen LogP contribution in [-0.4, -0.2) is 15.1 Å². The van der Waals surface area contributed by atoms with Gasteiger partial charge in [0.2, 0.25) is 0 Å². The van der Waals surface area contributed by atoms with Crippen molar-refractivity contribution in [1.29, 1.82) is 0 Å². The summed E-state index contributed by atoms with van der Waals surface area (Å²) >= 11 is 6.02. The molecule has 0 saturated heterocycles. The molecule has 102 valence electrons. The van der Waals surface area contributed by atoms with Crippen molar-refractivity contribution in [2.45, 2.75) is 13.0 Å². The standard InChI is InChI=1S/C15H13ClN2O2/c1-8-4-10(6-11(16)5-8)14(19)9-2-3-12-13(7-9)18-15(20)17-12/h2-7,14,19H,1H3,(H2,17,18,20). The monoisotopic (exact) mass is 288 g/mol. The van der Waals surface area contributed by atoms with Crippen LogP contribution in [0, 0.1) is 6.92 Å². The minimum atomic E-state index is -0.782. The molecule has 5 heteroatoms. The van der Waals surface area contributed by atoms with E-state index in [1.807, 2.05) is 19.1 Å². The fourth-order valence-corrected chi connectivity index (χ4v) is 2.63. The molecule has 0 bridgehead atoms. The molecule has 3 rings (SSSR count). The lowest BCUT2D eigenvalue weighted by molar-refractivity contribution is 0.220. The lowest BCUT2D eigenvalue weighted by atomic mass is 9.99. The van der Waals surface area contributed by atoms with Crippen LogP contribution in [0.5, 0.6) is 0 Å². The fourth-order valence-electron chi connectivity index (χ4n) is 2.34. The largest absolute Gasteiger partial charge is 0.384 e.